The maximum Gasteiger partial charge on any atom is 0.218 e. The van der Waals surface area contributed by atoms with Crippen LogP contribution < -0.4 is 5.73 Å². The number of hydrogen-bond donors (Lipinski definition) is 1. The van der Waals surface area contributed by atoms with Gasteiger partial charge in [0.15, 0.2) is 0 Å². The van der Waals surface area contributed by atoms with E-state index >= 15 is 0 Å². The number of nitrogens with two attached hydrogens (primary N) is 1. The fourth-order valence-electron chi connectivity index (χ4n) is 2.47. The van der Waals surface area contributed by atoms with E-state index in [1.54, 1.807) is 4.31 Å². The maximum atomic E-state index is 12.4. The molecule has 1 saturated heterocycles. The summed E-state index contributed by atoms with van der Waals surface area (Å²) in [6, 6.07) is 7.53. The van der Waals surface area contributed by atoms with Crippen LogP contribution in [0, 0.1) is 0 Å². The Morgan fingerprint density at radius 2 is 1.68 bits per heavy atom. The summed E-state index contributed by atoms with van der Waals surface area (Å²) in [4.78, 5) is 0. The van der Waals surface area contributed by atoms with Crippen LogP contribution in [-0.2, 0) is 22.3 Å². The molecule has 0 aromatic heterocycles. The second-order valence-electron chi connectivity index (χ2n) is 5.09. The molecule has 0 aliphatic carbocycles. The minimum atomic E-state index is -3.19. The van der Waals surface area contributed by atoms with E-state index < -0.39 is 10.0 Å². The van der Waals surface area contributed by atoms with Gasteiger partial charge in [-0.2, -0.15) is 0 Å². The van der Waals surface area contributed by atoms with Crippen LogP contribution in [0.15, 0.2) is 24.3 Å². The van der Waals surface area contributed by atoms with E-state index in [1.807, 2.05) is 24.3 Å². The van der Waals surface area contributed by atoms with Crippen molar-refractivity contribution in [3.05, 3.63) is 35.4 Å². The van der Waals surface area contributed by atoms with Crippen LogP contribution in [0.25, 0.3) is 0 Å². The van der Waals surface area contributed by atoms with Crippen molar-refractivity contribution in [1.82, 2.24) is 4.31 Å². The Labute approximate surface area is 115 Å². The van der Waals surface area contributed by atoms with Crippen molar-refractivity contribution in [3.8, 4) is 0 Å². The summed E-state index contributed by atoms with van der Waals surface area (Å²) >= 11 is 0. The first-order chi connectivity index (χ1) is 9.12. The van der Waals surface area contributed by atoms with E-state index in [9.17, 15) is 8.42 Å². The van der Waals surface area contributed by atoms with Gasteiger partial charge >= 0.3 is 0 Å². The first kappa shape index (κ1) is 14.5. The molecule has 1 aromatic carbocycles. The van der Waals surface area contributed by atoms with Crippen molar-refractivity contribution in [1.29, 1.82) is 0 Å². The van der Waals surface area contributed by atoms with Gasteiger partial charge in [0.2, 0.25) is 10.0 Å². The predicted octanol–water partition coefficient (Wildman–Crippen LogP) is 1.85. The first-order valence-electron chi connectivity index (χ1n) is 6.87. The minimum Gasteiger partial charge on any atom is -0.326 e. The highest BCUT2D eigenvalue weighted by atomic mass is 32.2. The third-order valence-electron chi connectivity index (χ3n) is 3.53. The summed E-state index contributed by atoms with van der Waals surface area (Å²) < 4.78 is 26.5. The second kappa shape index (κ2) is 6.50. The zero-order valence-electron chi connectivity index (χ0n) is 11.2. The van der Waals surface area contributed by atoms with E-state index in [4.69, 9.17) is 5.73 Å². The van der Waals surface area contributed by atoms with Gasteiger partial charge < -0.3 is 5.73 Å². The molecule has 106 valence electrons. The van der Waals surface area contributed by atoms with Gasteiger partial charge in [-0.05, 0) is 24.0 Å². The van der Waals surface area contributed by atoms with Crippen LogP contribution in [-0.4, -0.2) is 25.8 Å². The standard InChI is InChI=1S/C14H22N2O2S/c15-11-13-6-5-7-14(10-13)12-19(17,18)16-8-3-1-2-4-9-16/h5-7,10H,1-4,8-9,11-12,15H2. The summed E-state index contributed by atoms with van der Waals surface area (Å²) in [5.41, 5.74) is 7.39. The molecule has 0 spiro atoms. The van der Waals surface area contributed by atoms with Crippen molar-refractivity contribution < 1.29 is 8.42 Å². The third-order valence-corrected chi connectivity index (χ3v) is 5.38. The number of sulfonamides is 1. The van der Waals surface area contributed by atoms with E-state index in [1.165, 1.54) is 0 Å². The maximum absolute atomic E-state index is 12.4. The van der Waals surface area contributed by atoms with Crippen LogP contribution in [0.3, 0.4) is 0 Å². The number of nitrogens with zero attached hydrogens (tertiary/aromatic N) is 1. The van der Waals surface area contributed by atoms with Crippen molar-refractivity contribution in [2.24, 2.45) is 5.73 Å². The lowest BCUT2D eigenvalue weighted by Gasteiger charge is -2.20. The van der Waals surface area contributed by atoms with Gasteiger partial charge in [-0.1, -0.05) is 37.1 Å². The molecule has 5 heteroatoms. The average molecular weight is 282 g/mol. The Kier molecular flexibility index (Phi) is 4.96. The Morgan fingerprint density at radius 3 is 2.32 bits per heavy atom. The molecule has 0 radical (unpaired) electrons. The molecule has 1 heterocycles. The van der Waals surface area contributed by atoms with Crippen molar-refractivity contribution in [2.75, 3.05) is 13.1 Å². The molecule has 0 unspecified atom stereocenters. The zero-order valence-corrected chi connectivity index (χ0v) is 12.0. The minimum absolute atomic E-state index is 0.0842. The van der Waals surface area contributed by atoms with Crippen LogP contribution in [0.5, 0.6) is 0 Å². The monoisotopic (exact) mass is 282 g/mol. The summed E-state index contributed by atoms with van der Waals surface area (Å²) in [7, 11) is -3.19. The lowest BCUT2D eigenvalue weighted by atomic mass is 10.1. The number of benzene rings is 1. The summed E-state index contributed by atoms with van der Waals surface area (Å²) in [6.07, 6.45) is 4.22. The Bertz CT molecular complexity index is 506. The van der Waals surface area contributed by atoms with Gasteiger partial charge in [-0.15, -0.1) is 0 Å². The molecule has 1 aromatic rings. The molecular formula is C14H22N2O2S. The van der Waals surface area contributed by atoms with Crippen molar-refractivity contribution in [2.45, 2.75) is 38.0 Å². The highest BCUT2D eigenvalue weighted by Gasteiger charge is 2.23. The van der Waals surface area contributed by atoms with Crippen molar-refractivity contribution >= 4 is 10.0 Å². The van der Waals surface area contributed by atoms with Crippen LogP contribution >= 0.6 is 0 Å². The summed E-state index contributed by atoms with van der Waals surface area (Å²) in [6.45, 7) is 1.77. The molecule has 4 nitrogen and oxygen atoms in total. The Hall–Kier alpha value is -0.910. The SMILES string of the molecule is NCc1cccc(CS(=O)(=O)N2CCCCCC2)c1. The van der Waals surface area contributed by atoms with Gasteiger partial charge in [0.05, 0.1) is 5.75 Å². The van der Waals surface area contributed by atoms with E-state index in [2.05, 4.69) is 0 Å². The molecule has 19 heavy (non-hydrogen) atoms. The molecule has 2 rings (SSSR count). The molecule has 0 saturated carbocycles. The third kappa shape index (κ3) is 4.03. The molecule has 1 aliphatic heterocycles. The molecule has 1 fully saturated rings. The highest BCUT2D eigenvalue weighted by Crippen LogP contribution is 2.17. The van der Waals surface area contributed by atoms with Gasteiger partial charge in [-0.3, -0.25) is 0 Å². The van der Waals surface area contributed by atoms with Crippen molar-refractivity contribution in [3.63, 3.8) is 0 Å². The van der Waals surface area contributed by atoms with Gasteiger partial charge in [0.25, 0.3) is 0 Å². The number of rotatable bonds is 4. The fraction of sp³-hybridized carbons (Fsp3) is 0.571. The lowest BCUT2D eigenvalue weighted by Crippen LogP contribution is -2.32. The Morgan fingerprint density at radius 1 is 1.05 bits per heavy atom. The molecule has 1 aliphatic rings. The van der Waals surface area contributed by atoms with Gasteiger partial charge in [0.1, 0.15) is 0 Å². The summed E-state index contributed by atoms with van der Waals surface area (Å²) in [5, 5.41) is 0. The topological polar surface area (TPSA) is 63.4 Å². The van der Waals surface area contributed by atoms with E-state index in [-0.39, 0.29) is 5.75 Å². The van der Waals surface area contributed by atoms with E-state index in [0.29, 0.717) is 19.6 Å². The first-order valence-corrected chi connectivity index (χ1v) is 8.48. The normalized spacial score (nSPS) is 18.2. The average Bonchev–Trinajstić information content (AvgIpc) is 2.68. The van der Waals surface area contributed by atoms with Crippen LogP contribution in [0.2, 0.25) is 0 Å². The fourth-order valence-corrected chi connectivity index (χ4v) is 4.07. The van der Waals surface area contributed by atoms with Gasteiger partial charge in [-0.25, -0.2) is 12.7 Å². The zero-order chi connectivity index (χ0) is 13.7. The quantitative estimate of drug-likeness (QED) is 0.916. The second-order valence-corrected chi connectivity index (χ2v) is 7.06. The highest BCUT2D eigenvalue weighted by molar-refractivity contribution is 7.88. The molecule has 2 N–H and O–H groups in total. The predicted molar refractivity (Wildman–Crippen MR) is 77.0 cm³/mol. The van der Waals surface area contributed by atoms with Gasteiger partial charge in [0, 0.05) is 19.6 Å². The smallest absolute Gasteiger partial charge is 0.218 e. The van der Waals surface area contributed by atoms with Crippen LogP contribution in [0.4, 0.5) is 0 Å². The Balaban J connectivity index is 2.10. The number of hydrogen-bond acceptors (Lipinski definition) is 3. The largest absolute Gasteiger partial charge is 0.326 e. The molecule has 0 atom stereocenters. The lowest BCUT2D eigenvalue weighted by molar-refractivity contribution is 0.423. The van der Waals surface area contributed by atoms with E-state index in [0.717, 1.165) is 36.8 Å². The molecule has 0 bridgehead atoms. The molecular weight excluding hydrogens is 260 g/mol. The molecule has 0 amide bonds. The summed E-state index contributed by atoms with van der Waals surface area (Å²) in [5.74, 6) is 0.0842. The van der Waals surface area contributed by atoms with Crippen LogP contribution in [0.1, 0.15) is 36.8 Å².